The van der Waals surface area contributed by atoms with E-state index in [2.05, 4.69) is 22.9 Å². The summed E-state index contributed by atoms with van der Waals surface area (Å²) in [5.41, 5.74) is 0. The van der Waals surface area contributed by atoms with Crippen LogP contribution >= 0.6 is 15.9 Å². The molecule has 0 aliphatic rings. The molecule has 0 rings (SSSR count). The van der Waals surface area contributed by atoms with Gasteiger partial charge >= 0.3 is 0 Å². The van der Waals surface area contributed by atoms with Crippen molar-refractivity contribution in [3.05, 3.63) is 12.3 Å². The fourth-order valence-corrected chi connectivity index (χ4v) is 1.39. The van der Waals surface area contributed by atoms with E-state index in [4.69, 9.17) is 19.3 Å². The lowest BCUT2D eigenvalue weighted by molar-refractivity contribution is -0.0636. The average Bonchev–Trinajstić information content (AvgIpc) is 2.38. The Hall–Kier alpha value is -0.100. The summed E-state index contributed by atoms with van der Waals surface area (Å²) in [6, 6.07) is 0. The van der Waals surface area contributed by atoms with Gasteiger partial charge < -0.3 is 19.3 Å². The van der Waals surface area contributed by atoms with Gasteiger partial charge in [-0.05, 0) is 33.3 Å². The second-order valence-corrected chi connectivity index (χ2v) is 6.37. The average molecular weight is 339 g/mol. The highest BCUT2D eigenvalue weighted by atomic mass is 79.9. The van der Waals surface area contributed by atoms with E-state index in [0.717, 1.165) is 6.42 Å². The van der Waals surface area contributed by atoms with Gasteiger partial charge in [-0.3, -0.25) is 0 Å². The Balaban J connectivity index is 3.60. The molecule has 0 saturated carbocycles. The second kappa shape index (κ2) is 11.7. The van der Waals surface area contributed by atoms with E-state index in [1.807, 2.05) is 26.8 Å². The molecule has 0 aliphatic carbocycles. The fraction of sp³-hybridized carbons (Fsp3) is 0.857. The summed E-state index contributed by atoms with van der Waals surface area (Å²) >= 11 is 3.46. The minimum Gasteiger partial charge on any atom is -0.496 e. The topological polar surface area (TPSA) is 47.9 Å². The van der Waals surface area contributed by atoms with Crippen LogP contribution in [0.15, 0.2) is 12.3 Å². The van der Waals surface area contributed by atoms with Crippen molar-refractivity contribution in [2.45, 2.75) is 57.3 Å². The third-order valence-corrected chi connectivity index (χ3v) is 2.73. The zero-order valence-electron chi connectivity index (χ0n) is 12.3. The maximum Gasteiger partial charge on any atom is 0.118 e. The number of aliphatic hydroxyl groups is 1. The smallest absolute Gasteiger partial charge is 0.118 e. The van der Waals surface area contributed by atoms with Crippen molar-refractivity contribution in [3.63, 3.8) is 0 Å². The third kappa shape index (κ3) is 12.7. The zero-order valence-corrected chi connectivity index (χ0v) is 13.9. The summed E-state index contributed by atoms with van der Waals surface area (Å²) in [4.78, 5) is 0.463. The predicted octanol–water partition coefficient (Wildman–Crippen LogP) is 2.88. The highest BCUT2D eigenvalue weighted by Gasteiger charge is 2.08. The van der Waals surface area contributed by atoms with Crippen LogP contribution < -0.4 is 0 Å². The van der Waals surface area contributed by atoms with E-state index in [1.54, 1.807) is 6.26 Å². The molecule has 0 aromatic carbocycles. The van der Waals surface area contributed by atoms with Gasteiger partial charge in [-0.15, -0.1) is 0 Å². The molecule has 5 heteroatoms. The van der Waals surface area contributed by atoms with Crippen LogP contribution in [0.3, 0.4) is 0 Å². The predicted molar refractivity (Wildman–Crippen MR) is 80.6 cm³/mol. The Morgan fingerprint density at radius 3 is 2.16 bits per heavy atom. The van der Waals surface area contributed by atoms with Crippen molar-refractivity contribution >= 4 is 15.9 Å². The summed E-state index contributed by atoms with van der Waals surface area (Å²) in [5.74, 6) is 0. The highest BCUT2D eigenvalue weighted by molar-refractivity contribution is 9.09. The van der Waals surface area contributed by atoms with Crippen molar-refractivity contribution in [2.75, 3.05) is 19.8 Å². The molecule has 4 atom stereocenters. The summed E-state index contributed by atoms with van der Waals surface area (Å²) in [6.07, 6.45) is 4.52. The Morgan fingerprint density at radius 1 is 1.00 bits per heavy atom. The first-order chi connectivity index (χ1) is 8.95. The van der Waals surface area contributed by atoms with Crippen LogP contribution in [0.4, 0.5) is 0 Å². The van der Waals surface area contributed by atoms with Gasteiger partial charge in [0, 0.05) is 4.83 Å². The monoisotopic (exact) mass is 338 g/mol. The molecule has 0 aromatic rings. The van der Waals surface area contributed by atoms with E-state index >= 15 is 0 Å². The van der Waals surface area contributed by atoms with Crippen molar-refractivity contribution in [2.24, 2.45) is 0 Å². The van der Waals surface area contributed by atoms with Crippen molar-refractivity contribution in [3.8, 4) is 0 Å². The molecule has 4 nitrogen and oxygen atoms in total. The van der Waals surface area contributed by atoms with E-state index in [9.17, 15) is 0 Å². The summed E-state index contributed by atoms with van der Waals surface area (Å²) in [7, 11) is 0. The Morgan fingerprint density at radius 2 is 1.58 bits per heavy atom. The lowest BCUT2D eigenvalue weighted by Crippen LogP contribution is -2.25. The van der Waals surface area contributed by atoms with E-state index in [-0.39, 0.29) is 24.9 Å². The number of alkyl halides is 1. The number of hydrogen-bond acceptors (Lipinski definition) is 4. The zero-order chi connectivity index (χ0) is 14.7. The van der Waals surface area contributed by atoms with Crippen LogP contribution in [0.25, 0.3) is 0 Å². The van der Waals surface area contributed by atoms with Crippen molar-refractivity contribution in [1.29, 1.82) is 0 Å². The van der Waals surface area contributed by atoms with Gasteiger partial charge in [0.2, 0.25) is 0 Å². The quantitative estimate of drug-likeness (QED) is 0.464. The van der Waals surface area contributed by atoms with Crippen LogP contribution in [0, 0.1) is 0 Å². The molecule has 0 fully saturated rings. The first-order valence-electron chi connectivity index (χ1n) is 6.74. The minimum atomic E-state index is -0.145. The van der Waals surface area contributed by atoms with E-state index in [0.29, 0.717) is 18.0 Å². The van der Waals surface area contributed by atoms with Gasteiger partial charge in [-0.25, -0.2) is 0 Å². The first kappa shape index (κ1) is 18.9. The first-order valence-corrected chi connectivity index (χ1v) is 7.65. The Bertz CT molecular complexity index is 233. The maximum atomic E-state index is 8.83. The minimum absolute atomic E-state index is 0.00778. The van der Waals surface area contributed by atoms with Crippen LogP contribution in [-0.4, -0.2) is 48.1 Å². The molecule has 1 N–H and O–H groups in total. The van der Waals surface area contributed by atoms with Crippen molar-refractivity contribution in [1.82, 2.24) is 0 Å². The summed E-state index contributed by atoms with van der Waals surface area (Å²) in [5, 5.41) is 8.83. The van der Waals surface area contributed by atoms with Gasteiger partial charge in [0.15, 0.2) is 0 Å². The van der Waals surface area contributed by atoms with Crippen LogP contribution in [0.2, 0.25) is 0 Å². The standard InChI is InChI=1S/C14H27BrO4/c1-11(15)6-5-7-17-13(3)9-19-14(4)10-18-12(2)8-16/h5,7,11-14,16H,6,8-10H2,1-4H3. The van der Waals surface area contributed by atoms with Gasteiger partial charge in [0.1, 0.15) is 6.10 Å². The number of aliphatic hydroxyl groups excluding tert-OH is 1. The molecular weight excluding hydrogens is 312 g/mol. The fourth-order valence-electron chi connectivity index (χ4n) is 1.17. The van der Waals surface area contributed by atoms with Gasteiger partial charge in [-0.2, -0.15) is 0 Å². The number of halogens is 1. The summed E-state index contributed by atoms with van der Waals surface area (Å²) in [6.45, 7) is 8.85. The molecule has 0 amide bonds. The Labute approximate surface area is 125 Å². The second-order valence-electron chi connectivity index (χ2n) is 4.81. The van der Waals surface area contributed by atoms with Gasteiger partial charge in [0.05, 0.1) is 38.3 Å². The normalized spacial score (nSPS) is 18.2. The molecule has 114 valence electrons. The largest absolute Gasteiger partial charge is 0.496 e. The van der Waals surface area contributed by atoms with Gasteiger partial charge in [0.25, 0.3) is 0 Å². The van der Waals surface area contributed by atoms with Crippen LogP contribution in [0.1, 0.15) is 34.1 Å². The lowest BCUT2D eigenvalue weighted by atomic mass is 10.3. The summed E-state index contributed by atoms with van der Waals surface area (Å²) < 4.78 is 16.5. The number of allylic oxidation sites excluding steroid dienone is 1. The van der Waals surface area contributed by atoms with Gasteiger partial charge in [-0.1, -0.05) is 22.9 Å². The van der Waals surface area contributed by atoms with Crippen molar-refractivity contribution < 1.29 is 19.3 Å². The third-order valence-electron chi connectivity index (χ3n) is 2.36. The van der Waals surface area contributed by atoms with Crippen LogP contribution in [-0.2, 0) is 14.2 Å². The lowest BCUT2D eigenvalue weighted by Gasteiger charge is -2.18. The molecule has 0 heterocycles. The molecule has 0 radical (unpaired) electrons. The molecule has 0 spiro atoms. The molecule has 0 bridgehead atoms. The SMILES string of the molecule is CC(Br)CC=COC(C)COC(C)COC(C)CO. The molecule has 0 aromatic heterocycles. The van der Waals surface area contributed by atoms with E-state index in [1.165, 1.54) is 0 Å². The highest BCUT2D eigenvalue weighted by Crippen LogP contribution is 2.05. The number of hydrogen-bond donors (Lipinski definition) is 1. The van der Waals surface area contributed by atoms with E-state index < -0.39 is 0 Å². The molecule has 0 aliphatic heterocycles. The Kier molecular flexibility index (Phi) is 11.6. The molecule has 0 saturated heterocycles. The maximum absolute atomic E-state index is 8.83. The number of rotatable bonds is 11. The van der Waals surface area contributed by atoms with Crippen LogP contribution in [0.5, 0.6) is 0 Å². The number of ether oxygens (including phenoxy) is 3. The molecule has 4 unspecified atom stereocenters. The molecular formula is C14H27BrO4. The molecule has 19 heavy (non-hydrogen) atoms.